The van der Waals surface area contributed by atoms with Crippen molar-refractivity contribution < 1.29 is 4.39 Å². The molecule has 0 radical (unpaired) electrons. The van der Waals surface area contributed by atoms with Crippen LogP contribution in [-0.2, 0) is 6.54 Å². The number of hydrogen-bond donors (Lipinski definition) is 0. The van der Waals surface area contributed by atoms with Crippen LogP contribution in [0.4, 0.5) is 4.39 Å². The first-order chi connectivity index (χ1) is 12.8. The summed E-state index contributed by atoms with van der Waals surface area (Å²) >= 11 is 0. The highest BCUT2D eigenvalue weighted by Crippen LogP contribution is 2.33. The molecule has 0 saturated carbocycles. The Balaban J connectivity index is 1.59. The molecule has 4 heteroatoms. The van der Waals surface area contributed by atoms with Crippen LogP contribution in [0.5, 0.6) is 0 Å². The van der Waals surface area contributed by atoms with E-state index < -0.39 is 0 Å². The fraction of sp³-hybridized carbons (Fsp3) is 0.273. The van der Waals surface area contributed by atoms with Gasteiger partial charge in [0, 0.05) is 37.0 Å². The lowest BCUT2D eigenvalue weighted by atomic mass is 9.91. The van der Waals surface area contributed by atoms with E-state index in [0.29, 0.717) is 11.3 Å². The van der Waals surface area contributed by atoms with Crippen LogP contribution >= 0.6 is 0 Å². The van der Waals surface area contributed by atoms with Gasteiger partial charge in [-0.1, -0.05) is 42.5 Å². The fourth-order valence-electron chi connectivity index (χ4n) is 3.77. The van der Waals surface area contributed by atoms with Crippen LogP contribution in [0.15, 0.2) is 67.0 Å². The number of benzene rings is 2. The van der Waals surface area contributed by atoms with E-state index >= 15 is 0 Å². The maximum atomic E-state index is 14.3. The molecular weight excluding hydrogens is 325 g/mol. The molecule has 132 valence electrons. The van der Waals surface area contributed by atoms with Gasteiger partial charge >= 0.3 is 0 Å². The summed E-state index contributed by atoms with van der Waals surface area (Å²) in [5.41, 5.74) is 3.45. The Hall–Kier alpha value is -2.59. The van der Waals surface area contributed by atoms with Crippen molar-refractivity contribution in [2.24, 2.45) is 0 Å². The number of aromatic nitrogens is 2. The third-order valence-corrected chi connectivity index (χ3v) is 5.00. The Morgan fingerprint density at radius 2 is 1.73 bits per heavy atom. The summed E-state index contributed by atoms with van der Waals surface area (Å²) in [6.45, 7) is 2.95. The minimum Gasteiger partial charge on any atom is -0.298 e. The summed E-state index contributed by atoms with van der Waals surface area (Å²) in [4.78, 5) is 11.5. The second kappa shape index (κ2) is 7.75. The van der Waals surface area contributed by atoms with Crippen molar-refractivity contribution in [2.75, 3.05) is 13.1 Å². The molecule has 1 aliphatic heterocycles. The van der Waals surface area contributed by atoms with Crippen molar-refractivity contribution in [3.05, 3.63) is 84.1 Å². The summed E-state index contributed by atoms with van der Waals surface area (Å²) in [5.74, 6) is 0.0296. The molecule has 1 fully saturated rings. The van der Waals surface area contributed by atoms with Gasteiger partial charge < -0.3 is 0 Å². The molecular formula is C22H22FN3. The monoisotopic (exact) mass is 347 g/mol. The number of rotatable bonds is 4. The molecule has 1 unspecified atom stereocenters. The van der Waals surface area contributed by atoms with E-state index in [0.717, 1.165) is 38.2 Å². The Labute approximate surface area is 153 Å². The molecule has 0 spiro atoms. The molecule has 26 heavy (non-hydrogen) atoms. The zero-order valence-corrected chi connectivity index (χ0v) is 14.7. The predicted octanol–water partition coefficient (Wildman–Crippen LogP) is 4.66. The Bertz CT molecular complexity index is 866. The highest BCUT2D eigenvalue weighted by molar-refractivity contribution is 5.62. The third-order valence-electron chi connectivity index (χ3n) is 5.00. The molecule has 1 aromatic heterocycles. The molecule has 2 heterocycles. The van der Waals surface area contributed by atoms with Crippen LogP contribution in [-0.4, -0.2) is 28.0 Å². The van der Waals surface area contributed by atoms with Gasteiger partial charge in [0.1, 0.15) is 5.82 Å². The van der Waals surface area contributed by atoms with Gasteiger partial charge in [-0.05, 0) is 37.1 Å². The summed E-state index contributed by atoms with van der Waals surface area (Å²) in [5, 5.41) is 0. The van der Waals surface area contributed by atoms with E-state index in [9.17, 15) is 4.39 Å². The van der Waals surface area contributed by atoms with Crippen LogP contribution in [0.1, 0.15) is 30.0 Å². The van der Waals surface area contributed by atoms with Gasteiger partial charge in [-0.25, -0.2) is 4.39 Å². The Morgan fingerprint density at radius 1 is 0.962 bits per heavy atom. The Kier molecular flexibility index (Phi) is 5.02. The highest BCUT2D eigenvalue weighted by atomic mass is 19.1. The molecule has 1 saturated heterocycles. The van der Waals surface area contributed by atoms with Crippen molar-refractivity contribution in [2.45, 2.75) is 25.3 Å². The summed E-state index contributed by atoms with van der Waals surface area (Å²) < 4.78 is 14.3. The van der Waals surface area contributed by atoms with Crippen LogP contribution in [0, 0.1) is 5.82 Å². The van der Waals surface area contributed by atoms with Crippen LogP contribution in [0.2, 0.25) is 0 Å². The molecule has 1 atom stereocenters. The van der Waals surface area contributed by atoms with Gasteiger partial charge in [-0.3, -0.25) is 14.9 Å². The maximum Gasteiger partial charge on any atom is 0.132 e. The summed E-state index contributed by atoms with van der Waals surface area (Å²) in [7, 11) is 0. The lowest BCUT2D eigenvalue weighted by molar-refractivity contribution is 0.198. The van der Waals surface area contributed by atoms with E-state index in [2.05, 4.69) is 39.1 Å². The van der Waals surface area contributed by atoms with E-state index in [1.165, 1.54) is 11.6 Å². The normalized spacial score (nSPS) is 18.0. The number of hydrogen-bond acceptors (Lipinski definition) is 3. The minimum absolute atomic E-state index is 0.244. The third kappa shape index (κ3) is 3.65. The molecule has 0 amide bonds. The van der Waals surface area contributed by atoms with Crippen molar-refractivity contribution in [1.29, 1.82) is 0 Å². The van der Waals surface area contributed by atoms with Crippen LogP contribution < -0.4 is 0 Å². The zero-order chi connectivity index (χ0) is 17.8. The van der Waals surface area contributed by atoms with Crippen LogP contribution in [0.3, 0.4) is 0 Å². The molecule has 0 bridgehead atoms. The van der Waals surface area contributed by atoms with Crippen molar-refractivity contribution in [3.63, 3.8) is 0 Å². The van der Waals surface area contributed by atoms with E-state index in [4.69, 9.17) is 0 Å². The first kappa shape index (κ1) is 16.9. The second-order valence-electron chi connectivity index (χ2n) is 6.83. The second-order valence-corrected chi connectivity index (χ2v) is 6.83. The smallest absolute Gasteiger partial charge is 0.132 e. The van der Waals surface area contributed by atoms with E-state index in [1.54, 1.807) is 24.5 Å². The number of likely N-dealkylation sites (tertiary alicyclic amines) is 1. The van der Waals surface area contributed by atoms with Crippen LogP contribution in [0.25, 0.3) is 11.3 Å². The molecule has 1 aliphatic rings. The zero-order valence-electron chi connectivity index (χ0n) is 14.7. The number of nitrogens with zero attached hydrogens (tertiary/aromatic N) is 3. The van der Waals surface area contributed by atoms with Gasteiger partial charge in [0.15, 0.2) is 0 Å². The molecule has 3 nitrogen and oxygen atoms in total. The number of piperidine rings is 1. The standard InChI is InChI=1S/C22H22FN3/c23-20-11-5-4-10-19(20)22-21(24-12-13-25-22)18-9-6-14-26(16-18)15-17-7-2-1-3-8-17/h1-5,7-8,10-13,18H,6,9,14-16H2. The average Bonchev–Trinajstić information content (AvgIpc) is 2.69. The summed E-state index contributed by atoms with van der Waals surface area (Å²) in [6, 6.07) is 17.3. The largest absolute Gasteiger partial charge is 0.298 e. The predicted molar refractivity (Wildman–Crippen MR) is 101 cm³/mol. The lowest BCUT2D eigenvalue weighted by Gasteiger charge is -2.33. The molecule has 3 aromatic rings. The van der Waals surface area contributed by atoms with Gasteiger partial charge in [0.05, 0.1) is 11.4 Å². The molecule has 4 rings (SSSR count). The SMILES string of the molecule is Fc1ccccc1-c1nccnc1C1CCCN(Cc2ccccc2)C1. The van der Waals surface area contributed by atoms with Crippen molar-refractivity contribution in [1.82, 2.24) is 14.9 Å². The lowest BCUT2D eigenvalue weighted by Crippen LogP contribution is -2.34. The van der Waals surface area contributed by atoms with Gasteiger partial charge in [-0.2, -0.15) is 0 Å². The van der Waals surface area contributed by atoms with E-state index in [-0.39, 0.29) is 11.7 Å². The maximum absolute atomic E-state index is 14.3. The molecule has 0 N–H and O–H groups in total. The first-order valence-electron chi connectivity index (χ1n) is 9.13. The fourth-order valence-corrected chi connectivity index (χ4v) is 3.77. The molecule has 2 aromatic carbocycles. The van der Waals surface area contributed by atoms with Crippen molar-refractivity contribution in [3.8, 4) is 11.3 Å². The quantitative estimate of drug-likeness (QED) is 0.687. The van der Waals surface area contributed by atoms with Gasteiger partial charge in [0.25, 0.3) is 0 Å². The highest BCUT2D eigenvalue weighted by Gasteiger charge is 2.26. The molecule has 0 aliphatic carbocycles. The van der Waals surface area contributed by atoms with E-state index in [1.807, 2.05) is 12.1 Å². The van der Waals surface area contributed by atoms with Gasteiger partial charge in [-0.15, -0.1) is 0 Å². The number of halogens is 1. The summed E-state index contributed by atoms with van der Waals surface area (Å²) in [6.07, 6.45) is 5.54. The minimum atomic E-state index is -0.244. The van der Waals surface area contributed by atoms with Crippen molar-refractivity contribution >= 4 is 0 Å². The van der Waals surface area contributed by atoms with Gasteiger partial charge in [0.2, 0.25) is 0 Å². The topological polar surface area (TPSA) is 29.0 Å². The average molecular weight is 347 g/mol. The Morgan fingerprint density at radius 3 is 2.58 bits per heavy atom. The first-order valence-corrected chi connectivity index (χ1v) is 9.13.